The SMILES string of the molecule is CCOC(=O)C(=CNc1ccnc2ccnn12)C(=O)OCC. The third-order valence-corrected chi connectivity index (χ3v) is 2.65. The Labute approximate surface area is 126 Å². The summed E-state index contributed by atoms with van der Waals surface area (Å²) in [6.45, 7) is 3.64. The van der Waals surface area contributed by atoms with Crippen LogP contribution in [0.4, 0.5) is 5.82 Å². The van der Waals surface area contributed by atoms with Gasteiger partial charge in [0.15, 0.2) is 11.2 Å². The summed E-state index contributed by atoms with van der Waals surface area (Å²) < 4.78 is 11.2. The molecule has 0 atom stereocenters. The maximum atomic E-state index is 11.8. The number of hydrogen-bond donors (Lipinski definition) is 1. The molecule has 0 aliphatic carbocycles. The van der Waals surface area contributed by atoms with Gasteiger partial charge < -0.3 is 14.8 Å². The van der Waals surface area contributed by atoms with E-state index in [-0.39, 0.29) is 18.8 Å². The third kappa shape index (κ3) is 3.40. The summed E-state index contributed by atoms with van der Waals surface area (Å²) in [5.41, 5.74) is 0.410. The summed E-state index contributed by atoms with van der Waals surface area (Å²) in [7, 11) is 0. The molecule has 0 saturated carbocycles. The molecule has 0 bridgehead atoms. The highest BCUT2D eigenvalue weighted by atomic mass is 16.6. The first kappa shape index (κ1) is 15.5. The lowest BCUT2D eigenvalue weighted by atomic mass is 10.3. The van der Waals surface area contributed by atoms with Crippen LogP contribution in [0.15, 0.2) is 36.3 Å². The molecule has 0 aliphatic heterocycles. The number of hydrogen-bond acceptors (Lipinski definition) is 7. The molecule has 0 saturated heterocycles. The van der Waals surface area contributed by atoms with E-state index in [1.54, 1.807) is 38.4 Å². The van der Waals surface area contributed by atoms with Crippen molar-refractivity contribution in [2.45, 2.75) is 13.8 Å². The van der Waals surface area contributed by atoms with Gasteiger partial charge in [0.2, 0.25) is 0 Å². The maximum absolute atomic E-state index is 11.8. The predicted molar refractivity (Wildman–Crippen MR) is 78.0 cm³/mol. The highest BCUT2D eigenvalue weighted by Gasteiger charge is 2.21. The van der Waals surface area contributed by atoms with Crippen LogP contribution in [-0.4, -0.2) is 39.8 Å². The fourth-order valence-electron chi connectivity index (χ4n) is 1.71. The Balaban J connectivity index is 2.27. The van der Waals surface area contributed by atoms with Crippen molar-refractivity contribution in [2.24, 2.45) is 0 Å². The summed E-state index contributed by atoms with van der Waals surface area (Å²) in [5, 5.41) is 6.94. The molecule has 0 aliphatic rings. The van der Waals surface area contributed by atoms with E-state index in [1.165, 1.54) is 10.7 Å². The Bertz CT molecular complexity index is 688. The van der Waals surface area contributed by atoms with Gasteiger partial charge in [0.25, 0.3) is 0 Å². The van der Waals surface area contributed by atoms with Crippen LogP contribution in [0.5, 0.6) is 0 Å². The number of esters is 2. The predicted octanol–water partition coefficient (Wildman–Crippen LogP) is 1.15. The molecule has 0 aromatic carbocycles. The van der Waals surface area contributed by atoms with Crippen LogP contribution in [0.25, 0.3) is 5.65 Å². The van der Waals surface area contributed by atoms with Gasteiger partial charge in [0.1, 0.15) is 5.82 Å². The smallest absolute Gasteiger partial charge is 0.347 e. The van der Waals surface area contributed by atoms with E-state index in [1.807, 2.05) is 0 Å². The van der Waals surface area contributed by atoms with Gasteiger partial charge in [-0.25, -0.2) is 14.6 Å². The van der Waals surface area contributed by atoms with Gasteiger partial charge >= 0.3 is 11.9 Å². The third-order valence-electron chi connectivity index (χ3n) is 2.65. The Morgan fingerprint density at radius 1 is 1.18 bits per heavy atom. The minimum atomic E-state index is -0.751. The molecule has 0 amide bonds. The Kier molecular flexibility index (Phi) is 5.07. The number of nitrogens with one attached hydrogen (secondary N) is 1. The van der Waals surface area contributed by atoms with Crippen molar-refractivity contribution >= 4 is 23.4 Å². The largest absolute Gasteiger partial charge is 0.462 e. The van der Waals surface area contributed by atoms with E-state index >= 15 is 0 Å². The highest BCUT2D eigenvalue weighted by Crippen LogP contribution is 2.10. The zero-order chi connectivity index (χ0) is 15.9. The van der Waals surface area contributed by atoms with E-state index in [0.29, 0.717) is 11.5 Å². The number of anilines is 1. The zero-order valence-electron chi connectivity index (χ0n) is 12.3. The molecule has 0 spiro atoms. The molecule has 2 aromatic heterocycles. The number of carbonyl (C=O) groups is 2. The van der Waals surface area contributed by atoms with E-state index in [4.69, 9.17) is 9.47 Å². The van der Waals surface area contributed by atoms with Crippen molar-refractivity contribution in [3.63, 3.8) is 0 Å². The molecule has 0 fully saturated rings. The first-order valence-electron chi connectivity index (χ1n) is 6.77. The van der Waals surface area contributed by atoms with Gasteiger partial charge in [-0.2, -0.15) is 9.61 Å². The van der Waals surface area contributed by atoms with Crippen LogP contribution in [0.2, 0.25) is 0 Å². The van der Waals surface area contributed by atoms with Crippen LogP contribution >= 0.6 is 0 Å². The van der Waals surface area contributed by atoms with Crippen LogP contribution in [0, 0.1) is 0 Å². The van der Waals surface area contributed by atoms with Crippen molar-refractivity contribution in [2.75, 3.05) is 18.5 Å². The van der Waals surface area contributed by atoms with Crippen LogP contribution in [-0.2, 0) is 19.1 Å². The van der Waals surface area contributed by atoms with Crippen molar-refractivity contribution in [3.8, 4) is 0 Å². The standard InChI is InChI=1S/C14H16N4O4/c1-3-21-13(19)10(14(20)22-4-2)9-16-12-5-7-15-11-6-8-17-18(11)12/h5-9,16H,3-4H2,1-2H3. The molecule has 22 heavy (non-hydrogen) atoms. The molecular weight excluding hydrogens is 288 g/mol. The number of carbonyl (C=O) groups excluding carboxylic acids is 2. The normalized spacial score (nSPS) is 10.1. The number of rotatable bonds is 6. The molecule has 116 valence electrons. The summed E-state index contributed by atoms with van der Waals surface area (Å²) in [4.78, 5) is 27.8. The highest BCUT2D eigenvalue weighted by molar-refractivity contribution is 6.14. The molecule has 0 radical (unpaired) electrons. The summed E-state index contributed by atoms with van der Waals surface area (Å²) in [5.74, 6) is -0.959. The summed E-state index contributed by atoms with van der Waals surface area (Å²) >= 11 is 0. The molecule has 2 heterocycles. The van der Waals surface area contributed by atoms with Crippen LogP contribution in [0.1, 0.15) is 13.8 Å². The first-order chi connectivity index (χ1) is 10.7. The quantitative estimate of drug-likeness (QED) is 0.370. The average molecular weight is 304 g/mol. The fraction of sp³-hybridized carbons (Fsp3) is 0.286. The molecule has 2 aromatic rings. The van der Waals surface area contributed by atoms with E-state index in [2.05, 4.69) is 15.4 Å². The monoisotopic (exact) mass is 304 g/mol. The lowest BCUT2D eigenvalue weighted by Gasteiger charge is -2.08. The molecule has 2 rings (SSSR count). The Morgan fingerprint density at radius 3 is 2.50 bits per heavy atom. The van der Waals surface area contributed by atoms with Crippen LogP contribution < -0.4 is 5.32 Å². The summed E-state index contributed by atoms with van der Waals surface area (Å²) in [6, 6.07) is 3.39. The van der Waals surface area contributed by atoms with Crippen LogP contribution in [0.3, 0.4) is 0 Å². The fourth-order valence-corrected chi connectivity index (χ4v) is 1.71. The van der Waals surface area contributed by atoms with Gasteiger partial charge in [-0.3, -0.25) is 0 Å². The van der Waals surface area contributed by atoms with Gasteiger partial charge in [-0.15, -0.1) is 0 Å². The molecular formula is C14H16N4O4. The molecule has 0 unspecified atom stereocenters. The minimum Gasteiger partial charge on any atom is -0.462 e. The number of fused-ring (bicyclic) bond motifs is 1. The number of nitrogens with zero attached hydrogens (tertiary/aromatic N) is 3. The van der Waals surface area contributed by atoms with Gasteiger partial charge in [-0.1, -0.05) is 0 Å². The van der Waals surface area contributed by atoms with Gasteiger partial charge in [0, 0.05) is 18.5 Å². The summed E-state index contributed by atoms with van der Waals surface area (Å²) in [6.07, 6.45) is 4.42. The van der Waals surface area contributed by atoms with Crippen molar-refractivity contribution in [1.29, 1.82) is 0 Å². The lowest BCUT2D eigenvalue weighted by molar-refractivity contribution is -0.146. The van der Waals surface area contributed by atoms with E-state index in [0.717, 1.165) is 0 Å². The zero-order valence-corrected chi connectivity index (χ0v) is 12.3. The second-order valence-electron chi connectivity index (χ2n) is 4.07. The van der Waals surface area contributed by atoms with E-state index < -0.39 is 11.9 Å². The van der Waals surface area contributed by atoms with Crippen molar-refractivity contribution < 1.29 is 19.1 Å². The van der Waals surface area contributed by atoms with Crippen molar-refractivity contribution in [1.82, 2.24) is 14.6 Å². The second-order valence-corrected chi connectivity index (χ2v) is 4.07. The first-order valence-corrected chi connectivity index (χ1v) is 6.77. The maximum Gasteiger partial charge on any atom is 0.347 e. The minimum absolute atomic E-state index is 0.161. The molecule has 8 nitrogen and oxygen atoms in total. The van der Waals surface area contributed by atoms with Gasteiger partial charge in [-0.05, 0) is 19.9 Å². The molecule has 1 N–H and O–H groups in total. The lowest BCUT2D eigenvalue weighted by Crippen LogP contribution is -2.19. The molecule has 8 heteroatoms. The topological polar surface area (TPSA) is 94.8 Å². The average Bonchev–Trinajstić information content (AvgIpc) is 2.97. The Hall–Kier alpha value is -2.90. The second kappa shape index (κ2) is 7.21. The number of ether oxygens (including phenoxy) is 2. The van der Waals surface area contributed by atoms with Gasteiger partial charge in [0.05, 0.1) is 19.4 Å². The number of aromatic nitrogens is 3. The Morgan fingerprint density at radius 2 is 1.86 bits per heavy atom. The van der Waals surface area contributed by atoms with E-state index in [9.17, 15) is 9.59 Å². The van der Waals surface area contributed by atoms with Crippen molar-refractivity contribution in [3.05, 3.63) is 36.3 Å².